The van der Waals surface area contributed by atoms with Crippen molar-refractivity contribution < 1.29 is 33.0 Å². The SMILES string of the molecule is CC(=O)OCC(=O)[C@@]12CN(Cc3ccc(C)cc3)C[C@@H]1C[C@H]1[C@@H]3C[C@H](F)C4=CC(=O)C=C[C@]4(C)[C@@]3(F)[C@@H](O)C[C@@]12C. The van der Waals surface area contributed by atoms with Crippen molar-refractivity contribution in [3.8, 4) is 0 Å². The molecule has 4 aliphatic carbocycles. The van der Waals surface area contributed by atoms with Gasteiger partial charge in [-0.25, -0.2) is 8.78 Å². The molecule has 8 heteroatoms. The molecule has 0 unspecified atom stereocenters. The number of aliphatic hydroxyl groups excluding tert-OH is 1. The Morgan fingerprint density at radius 2 is 1.85 bits per heavy atom. The number of hydrogen-bond donors (Lipinski definition) is 1. The van der Waals surface area contributed by atoms with Crippen molar-refractivity contribution >= 4 is 17.5 Å². The Morgan fingerprint density at radius 3 is 2.54 bits per heavy atom. The number of carbonyl (C=O) groups excluding carboxylic acids is 3. The Balaban J connectivity index is 1.40. The Morgan fingerprint density at radius 1 is 1.15 bits per heavy atom. The average molecular weight is 568 g/mol. The highest BCUT2D eigenvalue weighted by molar-refractivity contribution is 6.01. The number of hydrogen-bond acceptors (Lipinski definition) is 6. The van der Waals surface area contributed by atoms with E-state index in [-0.39, 0.29) is 48.4 Å². The van der Waals surface area contributed by atoms with E-state index >= 15 is 8.78 Å². The van der Waals surface area contributed by atoms with Gasteiger partial charge in [-0.2, -0.15) is 0 Å². The highest BCUT2D eigenvalue weighted by Gasteiger charge is 2.78. The molecule has 1 saturated heterocycles. The van der Waals surface area contributed by atoms with Crippen molar-refractivity contribution in [1.29, 1.82) is 0 Å². The summed E-state index contributed by atoms with van der Waals surface area (Å²) in [5.74, 6) is -2.52. The third kappa shape index (κ3) is 3.82. The van der Waals surface area contributed by atoms with Gasteiger partial charge in [-0.1, -0.05) is 42.8 Å². The Bertz CT molecular complexity index is 1360. The van der Waals surface area contributed by atoms with Crippen molar-refractivity contribution in [1.82, 2.24) is 4.90 Å². The van der Waals surface area contributed by atoms with E-state index in [0.717, 1.165) is 11.1 Å². The summed E-state index contributed by atoms with van der Waals surface area (Å²) in [5.41, 5.74) is -3.12. The number of ketones is 2. The van der Waals surface area contributed by atoms with Gasteiger partial charge in [0.05, 0.1) is 11.5 Å². The number of likely N-dealkylation sites (tertiary alicyclic amines) is 1. The van der Waals surface area contributed by atoms with Crippen LogP contribution >= 0.6 is 0 Å². The van der Waals surface area contributed by atoms with Gasteiger partial charge in [-0.15, -0.1) is 0 Å². The zero-order chi connectivity index (χ0) is 29.5. The van der Waals surface area contributed by atoms with Crippen LogP contribution in [0, 0.1) is 40.9 Å². The van der Waals surface area contributed by atoms with E-state index in [1.165, 1.54) is 25.2 Å². The van der Waals surface area contributed by atoms with Crippen LogP contribution in [0.15, 0.2) is 48.1 Å². The predicted octanol–water partition coefficient (Wildman–Crippen LogP) is 4.47. The molecule has 1 aromatic rings. The monoisotopic (exact) mass is 567 g/mol. The number of alkyl halides is 2. The van der Waals surface area contributed by atoms with Crippen LogP contribution in [-0.2, 0) is 25.7 Å². The van der Waals surface area contributed by atoms with E-state index in [2.05, 4.69) is 29.2 Å². The predicted molar refractivity (Wildman–Crippen MR) is 148 cm³/mol. The molecule has 6 rings (SSSR count). The second kappa shape index (κ2) is 9.40. The molecule has 9 atom stereocenters. The summed E-state index contributed by atoms with van der Waals surface area (Å²) in [6.07, 6.45) is 1.29. The van der Waals surface area contributed by atoms with Crippen molar-refractivity contribution in [3.63, 3.8) is 0 Å². The first-order valence-corrected chi connectivity index (χ1v) is 14.7. The lowest BCUT2D eigenvalue weighted by atomic mass is 9.43. The molecule has 4 fully saturated rings. The van der Waals surface area contributed by atoms with Crippen LogP contribution in [0.5, 0.6) is 0 Å². The largest absolute Gasteiger partial charge is 0.458 e. The molecule has 0 amide bonds. The van der Waals surface area contributed by atoms with Crippen molar-refractivity contribution in [2.75, 3.05) is 19.7 Å². The topological polar surface area (TPSA) is 83.9 Å². The van der Waals surface area contributed by atoms with Gasteiger partial charge in [0.25, 0.3) is 0 Å². The number of halogens is 2. The summed E-state index contributed by atoms with van der Waals surface area (Å²) >= 11 is 0. The van der Waals surface area contributed by atoms with Gasteiger partial charge in [0.1, 0.15) is 6.17 Å². The standard InChI is InChI=1S/C33H39F2NO5/c1-19-5-7-21(8-6-19)15-36-16-22-11-24-25-13-27(34)26-12-23(38)9-10-30(26,3)33(25,35)28(39)14-31(24,4)32(22,18-36)29(40)17-41-20(2)37/h5-10,12,22,24-25,27-28,39H,11,13-18H2,1-4H3/t22-,24-,25-,27-,28-,30-,31-,32+,33-/m0/s1. The fourth-order valence-corrected chi connectivity index (χ4v) is 9.75. The maximum Gasteiger partial charge on any atom is 0.303 e. The van der Waals surface area contributed by atoms with E-state index in [1.54, 1.807) is 6.92 Å². The maximum atomic E-state index is 17.6. The first-order chi connectivity index (χ1) is 19.3. The van der Waals surface area contributed by atoms with Gasteiger partial charge in [0.15, 0.2) is 23.8 Å². The summed E-state index contributed by atoms with van der Waals surface area (Å²) in [5, 5.41) is 11.7. The zero-order valence-corrected chi connectivity index (χ0v) is 24.2. The number of ether oxygens (including phenoxy) is 1. The number of rotatable bonds is 5. The molecule has 3 saturated carbocycles. The van der Waals surface area contributed by atoms with E-state index in [0.29, 0.717) is 26.1 Å². The number of fused-ring (bicyclic) bond motifs is 7. The average Bonchev–Trinajstić information content (AvgIpc) is 3.39. The van der Waals surface area contributed by atoms with E-state index in [4.69, 9.17) is 4.74 Å². The summed E-state index contributed by atoms with van der Waals surface area (Å²) in [4.78, 5) is 40.3. The van der Waals surface area contributed by atoms with Crippen LogP contribution in [0.25, 0.3) is 0 Å². The maximum absolute atomic E-state index is 17.6. The van der Waals surface area contributed by atoms with Gasteiger partial charge in [0, 0.05) is 37.9 Å². The molecule has 1 aromatic carbocycles. The number of esters is 1. The molecule has 0 bridgehead atoms. The minimum absolute atomic E-state index is 0.0208. The van der Waals surface area contributed by atoms with Crippen LogP contribution in [-0.4, -0.2) is 65.2 Å². The van der Waals surface area contributed by atoms with Gasteiger partial charge in [0.2, 0.25) is 0 Å². The third-order valence-corrected chi connectivity index (χ3v) is 11.7. The normalized spacial score (nSPS) is 43.0. The molecule has 41 heavy (non-hydrogen) atoms. The van der Waals surface area contributed by atoms with Crippen LogP contribution in [0.4, 0.5) is 8.78 Å². The first-order valence-electron chi connectivity index (χ1n) is 14.7. The second-order valence-electron chi connectivity index (χ2n) is 13.6. The summed E-state index contributed by atoms with van der Waals surface area (Å²) in [6, 6.07) is 8.24. The van der Waals surface area contributed by atoms with Crippen LogP contribution in [0.2, 0.25) is 0 Å². The molecular formula is C33H39F2NO5. The lowest BCUT2D eigenvalue weighted by molar-refractivity contribution is -0.212. The quantitative estimate of drug-likeness (QED) is 0.529. The van der Waals surface area contributed by atoms with E-state index < -0.39 is 46.1 Å². The van der Waals surface area contributed by atoms with Gasteiger partial charge in [-0.3, -0.25) is 19.3 Å². The Kier molecular flexibility index (Phi) is 6.51. The molecule has 0 radical (unpaired) electrons. The second-order valence-corrected chi connectivity index (χ2v) is 13.6. The first kappa shape index (κ1) is 28.4. The molecular weight excluding hydrogens is 528 g/mol. The minimum atomic E-state index is -2.19. The number of allylic oxidation sites excluding steroid dienone is 4. The number of aryl methyl sites for hydroxylation is 1. The van der Waals surface area contributed by atoms with Crippen LogP contribution < -0.4 is 0 Å². The van der Waals surface area contributed by atoms with Gasteiger partial charge in [-0.05, 0) is 73.6 Å². The molecule has 1 N–H and O–H groups in total. The van der Waals surface area contributed by atoms with Crippen LogP contribution in [0.1, 0.15) is 51.2 Å². The third-order valence-electron chi connectivity index (χ3n) is 11.7. The minimum Gasteiger partial charge on any atom is -0.458 e. The highest BCUT2D eigenvalue weighted by atomic mass is 19.1. The number of nitrogens with zero attached hydrogens (tertiary/aromatic N) is 1. The summed E-state index contributed by atoms with van der Waals surface area (Å²) in [7, 11) is 0. The van der Waals surface area contributed by atoms with Crippen LogP contribution in [0.3, 0.4) is 0 Å². The molecule has 0 aromatic heterocycles. The van der Waals surface area contributed by atoms with Crippen molar-refractivity contribution in [2.24, 2.45) is 34.0 Å². The Labute approximate surface area is 239 Å². The number of benzene rings is 1. The molecule has 0 spiro atoms. The molecule has 5 aliphatic rings. The number of aliphatic hydroxyl groups is 1. The summed E-state index contributed by atoms with van der Waals surface area (Å²) in [6.45, 7) is 8.10. The van der Waals surface area contributed by atoms with E-state index in [1.807, 2.05) is 13.8 Å². The van der Waals surface area contributed by atoms with Gasteiger partial charge < -0.3 is 9.84 Å². The van der Waals surface area contributed by atoms with Gasteiger partial charge >= 0.3 is 5.97 Å². The fourth-order valence-electron chi connectivity index (χ4n) is 9.75. The van der Waals surface area contributed by atoms with Crippen molar-refractivity contribution in [2.45, 2.75) is 71.4 Å². The number of Topliss-reactive ketones (excluding diaryl/α,β-unsaturated/α-hetero) is 1. The number of carbonyl (C=O) groups is 3. The molecule has 220 valence electrons. The van der Waals surface area contributed by atoms with E-state index in [9.17, 15) is 19.5 Å². The fraction of sp³-hybridized carbons (Fsp3) is 0.606. The lowest BCUT2D eigenvalue weighted by Gasteiger charge is -2.63. The molecule has 6 nitrogen and oxygen atoms in total. The lowest BCUT2D eigenvalue weighted by Crippen LogP contribution is -2.69. The summed E-state index contributed by atoms with van der Waals surface area (Å²) < 4.78 is 38.7. The highest BCUT2D eigenvalue weighted by Crippen LogP contribution is 2.74. The molecule has 1 heterocycles. The van der Waals surface area contributed by atoms with Crippen molar-refractivity contribution in [3.05, 3.63) is 59.2 Å². The molecule has 1 aliphatic heterocycles. The zero-order valence-electron chi connectivity index (χ0n) is 24.2. The Hall–Kier alpha value is -2.71. The smallest absolute Gasteiger partial charge is 0.303 e.